The number of aliphatic hydroxyl groups excluding tert-OH is 1. The lowest BCUT2D eigenvalue weighted by Gasteiger charge is -2.11. The first-order chi connectivity index (χ1) is 8.10. The molecule has 3 heteroatoms. The summed E-state index contributed by atoms with van der Waals surface area (Å²) in [5, 5.41) is 8.73. The van der Waals surface area contributed by atoms with Crippen molar-refractivity contribution in [3.8, 4) is 5.75 Å². The van der Waals surface area contributed by atoms with E-state index < -0.39 is 0 Å². The zero-order valence-corrected chi connectivity index (χ0v) is 10.7. The van der Waals surface area contributed by atoms with Crippen LogP contribution < -0.4 is 4.74 Å². The first-order valence-corrected chi connectivity index (χ1v) is 5.98. The standard InChI is InChI=1S/C14H20O3/c1-4-17-14-9-10(2)12(8-11(14)3)13(16)6-5-7-15/h8-9,15H,4-7H2,1-3H3. The monoisotopic (exact) mass is 236 g/mol. The van der Waals surface area contributed by atoms with Crippen LogP contribution in [0.5, 0.6) is 5.75 Å². The fraction of sp³-hybridized carbons (Fsp3) is 0.500. The van der Waals surface area contributed by atoms with E-state index in [2.05, 4.69) is 0 Å². The van der Waals surface area contributed by atoms with Crippen molar-refractivity contribution >= 4 is 5.78 Å². The quantitative estimate of drug-likeness (QED) is 0.772. The highest BCUT2D eigenvalue weighted by atomic mass is 16.5. The molecule has 0 aliphatic heterocycles. The molecule has 1 N–H and O–H groups in total. The second-order valence-corrected chi connectivity index (χ2v) is 4.12. The highest BCUT2D eigenvalue weighted by molar-refractivity contribution is 5.97. The van der Waals surface area contributed by atoms with Crippen LogP contribution in [-0.4, -0.2) is 24.1 Å². The molecule has 1 aromatic carbocycles. The number of Topliss-reactive ketones (excluding diaryl/α,β-unsaturated/α-hetero) is 1. The van der Waals surface area contributed by atoms with E-state index >= 15 is 0 Å². The smallest absolute Gasteiger partial charge is 0.163 e. The summed E-state index contributed by atoms with van der Waals surface area (Å²) in [5.41, 5.74) is 2.64. The van der Waals surface area contributed by atoms with Crippen LogP contribution in [0.15, 0.2) is 12.1 Å². The van der Waals surface area contributed by atoms with E-state index in [0.717, 1.165) is 22.4 Å². The lowest BCUT2D eigenvalue weighted by atomic mass is 9.98. The number of carbonyl (C=O) groups is 1. The summed E-state index contributed by atoms with van der Waals surface area (Å²) in [5.74, 6) is 0.923. The summed E-state index contributed by atoms with van der Waals surface area (Å²) >= 11 is 0. The van der Waals surface area contributed by atoms with E-state index in [0.29, 0.717) is 19.4 Å². The van der Waals surface area contributed by atoms with Gasteiger partial charge in [0.15, 0.2) is 5.78 Å². The molecule has 0 amide bonds. The predicted octanol–water partition coefficient (Wildman–Crippen LogP) is 2.66. The lowest BCUT2D eigenvalue weighted by Crippen LogP contribution is -2.05. The summed E-state index contributed by atoms with van der Waals surface area (Å²) in [6.45, 7) is 6.47. The normalized spacial score (nSPS) is 10.4. The Kier molecular flexibility index (Phi) is 5.16. The number of ketones is 1. The summed E-state index contributed by atoms with van der Waals surface area (Å²) in [6, 6.07) is 3.78. The van der Waals surface area contributed by atoms with Gasteiger partial charge in [-0.15, -0.1) is 0 Å². The van der Waals surface area contributed by atoms with Crippen molar-refractivity contribution in [2.45, 2.75) is 33.6 Å². The molecule has 0 unspecified atom stereocenters. The first-order valence-electron chi connectivity index (χ1n) is 5.98. The van der Waals surface area contributed by atoms with Crippen LogP contribution in [0.4, 0.5) is 0 Å². The van der Waals surface area contributed by atoms with Crippen LogP contribution in [0, 0.1) is 13.8 Å². The molecule has 94 valence electrons. The van der Waals surface area contributed by atoms with Crippen LogP contribution in [0.2, 0.25) is 0 Å². The number of carbonyl (C=O) groups excluding carboxylic acids is 1. The highest BCUT2D eigenvalue weighted by Crippen LogP contribution is 2.24. The maximum absolute atomic E-state index is 11.9. The molecular weight excluding hydrogens is 216 g/mol. The van der Waals surface area contributed by atoms with Gasteiger partial charge in [-0.05, 0) is 50.5 Å². The average molecular weight is 236 g/mol. The predicted molar refractivity (Wildman–Crippen MR) is 67.7 cm³/mol. The number of hydrogen-bond donors (Lipinski definition) is 1. The summed E-state index contributed by atoms with van der Waals surface area (Å²) in [6.07, 6.45) is 0.912. The number of rotatable bonds is 6. The fourth-order valence-corrected chi connectivity index (χ4v) is 1.78. The Morgan fingerprint density at radius 3 is 2.59 bits per heavy atom. The molecule has 17 heavy (non-hydrogen) atoms. The number of aryl methyl sites for hydroxylation is 2. The second-order valence-electron chi connectivity index (χ2n) is 4.12. The Morgan fingerprint density at radius 2 is 2.00 bits per heavy atom. The third kappa shape index (κ3) is 3.56. The van der Waals surface area contributed by atoms with Gasteiger partial charge in [0, 0.05) is 18.6 Å². The molecule has 0 saturated carbocycles. The molecule has 0 aliphatic rings. The van der Waals surface area contributed by atoms with Crippen molar-refractivity contribution < 1.29 is 14.6 Å². The molecule has 0 aromatic heterocycles. The van der Waals surface area contributed by atoms with Gasteiger partial charge in [-0.1, -0.05) is 0 Å². The van der Waals surface area contributed by atoms with Gasteiger partial charge in [-0.2, -0.15) is 0 Å². The minimum Gasteiger partial charge on any atom is -0.494 e. The van der Waals surface area contributed by atoms with Crippen molar-refractivity contribution in [2.75, 3.05) is 13.2 Å². The molecule has 0 spiro atoms. The molecule has 0 radical (unpaired) electrons. The van der Waals surface area contributed by atoms with Crippen LogP contribution >= 0.6 is 0 Å². The van der Waals surface area contributed by atoms with Gasteiger partial charge < -0.3 is 9.84 Å². The van der Waals surface area contributed by atoms with Gasteiger partial charge in [-0.3, -0.25) is 4.79 Å². The van der Waals surface area contributed by atoms with Gasteiger partial charge in [-0.25, -0.2) is 0 Å². The Bertz CT molecular complexity index is 397. The van der Waals surface area contributed by atoms with Gasteiger partial charge in [0.25, 0.3) is 0 Å². The molecule has 0 bridgehead atoms. The Hall–Kier alpha value is -1.35. The van der Waals surface area contributed by atoms with Crippen molar-refractivity contribution in [2.24, 2.45) is 0 Å². The van der Waals surface area contributed by atoms with Crippen LogP contribution in [0.25, 0.3) is 0 Å². The molecular formula is C14H20O3. The fourth-order valence-electron chi connectivity index (χ4n) is 1.78. The van der Waals surface area contributed by atoms with E-state index in [1.54, 1.807) is 0 Å². The van der Waals surface area contributed by atoms with Crippen molar-refractivity contribution in [3.63, 3.8) is 0 Å². The summed E-state index contributed by atoms with van der Waals surface area (Å²) in [4.78, 5) is 11.9. The minimum atomic E-state index is 0.0563. The van der Waals surface area contributed by atoms with E-state index in [1.807, 2.05) is 32.9 Å². The second kappa shape index (κ2) is 6.40. The van der Waals surface area contributed by atoms with Gasteiger partial charge in [0.05, 0.1) is 6.61 Å². The van der Waals surface area contributed by atoms with E-state index in [9.17, 15) is 4.79 Å². The largest absolute Gasteiger partial charge is 0.494 e. The van der Waals surface area contributed by atoms with Crippen molar-refractivity contribution in [3.05, 3.63) is 28.8 Å². The average Bonchev–Trinajstić information content (AvgIpc) is 2.30. The third-order valence-electron chi connectivity index (χ3n) is 2.68. The molecule has 0 atom stereocenters. The van der Waals surface area contributed by atoms with Gasteiger partial charge in [0.1, 0.15) is 5.75 Å². The molecule has 0 heterocycles. The number of aliphatic hydroxyl groups is 1. The first kappa shape index (κ1) is 13.7. The molecule has 1 aromatic rings. The van der Waals surface area contributed by atoms with Crippen molar-refractivity contribution in [1.82, 2.24) is 0 Å². The van der Waals surface area contributed by atoms with E-state index in [4.69, 9.17) is 9.84 Å². The molecule has 1 rings (SSSR count). The zero-order valence-electron chi connectivity index (χ0n) is 10.7. The Labute approximate surface area is 102 Å². The van der Waals surface area contributed by atoms with Gasteiger partial charge >= 0.3 is 0 Å². The number of ether oxygens (including phenoxy) is 1. The highest BCUT2D eigenvalue weighted by Gasteiger charge is 2.11. The molecule has 0 aliphatic carbocycles. The minimum absolute atomic E-state index is 0.0563. The van der Waals surface area contributed by atoms with Crippen LogP contribution in [-0.2, 0) is 0 Å². The molecule has 3 nitrogen and oxygen atoms in total. The van der Waals surface area contributed by atoms with Crippen LogP contribution in [0.3, 0.4) is 0 Å². The maximum atomic E-state index is 11.9. The SMILES string of the molecule is CCOc1cc(C)c(C(=O)CCCO)cc1C. The third-order valence-corrected chi connectivity index (χ3v) is 2.68. The van der Waals surface area contributed by atoms with E-state index in [-0.39, 0.29) is 12.4 Å². The molecule has 0 saturated heterocycles. The summed E-state index contributed by atoms with van der Waals surface area (Å²) in [7, 11) is 0. The number of hydrogen-bond acceptors (Lipinski definition) is 3. The van der Waals surface area contributed by atoms with Gasteiger partial charge in [0.2, 0.25) is 0 Å². The maximum Gasteiger partial charge on any atom is 0.163 e. The van der Waals surface area contributed by atoms with Crippen LogP contribution in [0.1, 0.15) is 41.3 Å². The lowest BCUT2D eigenvalue weighted by molar-refractivity contribution is 0.0970. The number of benzene rings is 1. The Balaban J connectivity index is 2.94. The van der Waals surface area contributed by atoms with E-state index in [1.165, 1.54) is 0 Å². The Morgan fingerprint density at radius 1 is 1.29 bits per heavy atom. The molecule has 0 fully saturated rings. The van der Waals surface area contributed by atoms with Crippen molar-refractivity contribution in [1.29, 1.82) is 0 Å². The summed E-state index contributed by atoms with van der Waals surface area (Å²) < 4.78 is 5.48. The topological polar surface area (TPSA) is 46.5 Å². The zero-order chi connectivity index (χ0) is 12.8.